The van der Waals surface area contributed by atoms with Crippen LogP contribution in [0.25, 0.3) is 0 Å². The van der Waals surface area contributed by atoms with Gasteiger partial charge in [-0.25, -0.2) is 8.42 Å². The highest BCUT2D eigenvalue weighted by Crippen LogP contribution is 2.29. The van der Waals surface area contributed by atoms with Gasteiger partial charge in [0.2, 0.25) is 0 Å². The number of benzene rings is 2. The third kappa shape index (κ3) is 5.77. The topological polar surface area (TPSA) is 114 Å². The number of hydrogen-bond donors (Lipinski definition) is 2. The number of nitrogens with zero attached hydrogens (tertiary/aromatic N) is 2. The second kappa shape index (κ2) is 9.51. The number of hydrogen-bond acceptors (Lipinski definition) is 6. The molecule has 2 aromatic rings. The number of aryl methyl sites for hydroxylation is 2. The van der Waals surface area contributed by atoms with Crippen LogP contribution in [0.1, 0.15) is 37.8 Å². The molecule has 0 aliphatic carbocycles. The number of anilines is 2. The highest BCUT2D eigenvalue weighted by Gasteiger charge is 2.23. The molecule has 29 heavy (non-hydrogen) atoms. The summed E-state index contributed by atoms with van der Waals surface area (Å²) in [6.07, 6.45) is 3.53. The number of nitro benzene ring substituents is 1. The highest BCUT2D eigenvalue weighted by atomic mass is 32.2. The number of sulfonamides is 1. The molecule has 0 unspecified atom stereocenters. The molecule has 0 aromatic heterocycles. The van der Waals surface area contributed by atoms with Crippen molar-refractivity contribution in [3.8, 4) is 0 Å². The summed E-state index contributed by atoms with van der Waals surface area (Å²) >= 11 is 0. The molecule has 2 rings (SSSR count). The lowest BCUT2D eigenvalue weighted by atomic mass is 10.1. The molecule has 0 bridgehead atoms. The number of nitrogens with one attached hydrogen (secondary N) is 2. The summed E-state index contributed by atoms with van der Waals surface area (Å²) in [6, 6.07) is 8.92. The minimum Gasteiger partial charge on any atom is -0.279 e. The molecule has 0 aliphatic rings. The summed E-state index contributed by atoms with van der Waals surface area (Å²) in [7, 11) is -4.09. The number of hydrazone groups is 1. The van der Waals surface area contributed by atoms with Gasteiger partial charge in [0, 0.05) is 18.3 Å². The van der Waals surface area contributed by atoms with Gasteiger partial charge >= 0.3 is 0 Å². The second-order valence-electron chi connectivity index (χ2n) is 6.83. The molecule has 0 fully saturated rings. The van der Waals surface area contributed by atoms with Crippen LogP contribution in [0.3, 0.4) is 0 Å². The molecule has 156 valence electrons. The number of nitro groups is 1. The number of non-ortho nitro benzene ring substituents is 1. The largest absolute Gasteiger partial charge is 0.279 e. The molecule has 9 heteroatoms. The normalized spacial score (nSPS) is 11.8. The van der Waals surface area contributed by atoms with Crippen LogP contribution in [0.5, 0.6) is 0 Å². The van der Waals surface area contributed by atoms with Gasteiger partial charge in [0.1, 0.15) is 4.90 Å². The molecule has 0 spiro atoms. The Bertz CT molecular complexity index is 1020. The molecular weight excluding hydrogens is 392 g/mol. The Labute approximate surface area is 171 Å². The predicted molar refractivity (Wildman–Crippen MR) is 116 cm³/mol. The Morgan fingerprint density at radius 1 is 1.10 bits per heavy atom. The Morgan fingerprint density at radius 2 is 1.76 bits per heavy atom. The molecule has 2 N–H and O–H groups in total. The SMILES string of the molecule is CCC(/C=N\Nc1ccc([N+](=O)[O-])cc1S(=O)(=O)Nc1ccc(C)cc1C)CC. The van der Waals surface area contributed by atoms with E-state index >= 15 is 0 Å². The van der Waals surface area contributed by atoms with Gasteiger partial charge in [-0.3, -0.25) is 20.3 Å². The fourth-order valence-electron chi connectivity index (χ4n) is 2.78. The Hall–Kier alpha value is -2.94. The predicted octanol–water partition coefficient (Wildman–Crippen LogP) is 4.85. The van der Waals surface area contributed by atoms with E-state index in [0.29, 0.717) is 5.69 Å². The molecule has 0 aliphatic heterocycles. The lowest BCUT2D eigenvalue weighted by Gasteiger charge is -2.14. The third-order valence-corrected chi connectivity index (χ3v) is 6.02. The minimum atomic E-state index is -4.09. The first-order chi connectivity index (χ1) is 13.7. The van der Waals surface area contributed by atoms with Crippen molar-refractivity contribution in [3.05, 3.63) is 57.6 Å². The van der Waals surface area contributed by atoms with Gasteiger partial charge in [0.15, 0.2) is 0 Å². The highest BCUT2D eigenvalue weighted by molar-refractivity contribution is 7.92. The summed E-state index contributed by atoms with van der Waals surface area (Å²) in [4.78, 5) is 10.3. The lowest BCUT2D eigenvalue weighted by molar-refractivity contribution is -0.385. The Morgan fingerprint density at radius 3 is 2.34 bits per heavy atom. The van der Waals surface area contributed by atoms with Crippen molar-refractivity contribution in [1.29, 1.82) is 0 Å². The molecule has 0 saturated carbocycles. The average molecular weight is 419 g/mol. The van der Waals surface area contributed by atoms with E-state index in [2.05, 4.69) is 15.2 Å². The van der Waals surface area contributed by atoms with Crippen LogP contribution in [0, 0.1) is 29.9 Å². The zero-order valence-electron chi connectivity index (χ0n) is 17.0. The van der Waals surface area contributed by atoms with E-state index in [9.17, 15) is 18.5 Å². The summed E-state index contributed by atoms with van der Waals surface area (Å²) in [5, 5.41) is 15.3. The maximum atomic E-state index is 13.0. The van der Waals surface area contributed by atoms with Gasteiger partial charge in [-0.05, 0) is 50.3 Å². The van der Waals surface area contributed by atoms with Crippen LogP contribution in [-0.2, 0) is 10.0 Å². The number of rotatable bonds is 9. The van der Waals surface area contributed by atoms with E-state index in [-0.39, 0.29) is 22.2 Å². The van der Waals surface area contributed by atoms with E-state index in [1.54, 1.807) is 25.3 Å². The van der Waals surface area contributed by atoms with Crippen molar-refractivity contribution in [3.63, 3.8) is 0 Å². The first-order valence-electron chi connectivity index (χ1n) is 9.35. The maximum absolute atomic E-state index is 13.0. The van der Waals surface area contributed by atoms with E-state index in [0.717, 1.165) is 30.0 Å². The smallest absolute Gasteiger partial charge is 0.270 e. The van der Waals surface area contributed by atoms with Crippen LogP contribution in [0.4, 0.5) is 17.1 Å². The molecule has 0 amide bonds. The van der Waals surface area contributed by atoms with Crippen molar-refractivity contribution in [2.75, 3.05) is 10.1 Å². The molecule has 0 heterocycles. The van der Waals surface area contributed by atoms with E-state index in [4.69, 9.17) is 0 Å². The van der Waals surface area contributed by atoms with Gasteiger partial charge in [0.25, 0.3) is 15.7 Å². The average Bonchev–Trinajstić information content (AvgIpc) is 2.67. The second-order valence-corrected chi connectivity index (χ2v) is 8.48. The van der Waals surface area contributed by atoms with Gasteiger partial charge in [-0.1, -0.05) is 31.5 Å². The Kier molecular flexibility index (Phi) is 7.33. The van der Waals surface area contributed by atoms with E-state index in [1.165, 1.54) is 12.1 Å². The zero-order valence-corrected chi connectivity index (χ0v) is 17.8. The van der Waals surface area contributed by atoms with Gasteiger partial charge in [-0.2, -0.15) is 5.10 Å². The molecule has 8 nitrogen and oxygen atoms in total. The fraction of sp³-hybridized carbons (Fsp3) is 0.350. The third-order valence-electron chi connectivity index (χ3n) is 4.61. The summed E-state index contributed by atoms with van der Waals surface area (Å²) < 4.78 is 28.6. The van der Waals surface area contributed by atoms with Gasteiger partial charge < -0.3 is 0 Å². The van der Waals surface area contributed by atoms with Crippen molar-refractivity contribution < 1.29 is 13.3 Å². The van der Waals surface area contributed by atoms with Crippen LogP contribution in [0.2, 0.25) is 0 Å². The van der Waals surface area contributed by atoms with Crippen LogP contribution in [-0.4, -0.2) is 19.6 Å². The lowest BCUT2D eigenvalue weighted by Crippen LogP contribution is -2.16. The standard InChI is InChI=1S/C20H26N4O4S/c1-5-16(6-2)13-21-22-19-10-8-17(24(25)26)12-20(19)29(27,28)23-18-9-7-14(3)11-15(18)4/h7-13,16,22-23H,5-6H2,1-4H3/b21-13-. The van der Waals surface area contributed by atoms with Gasteiger partial charge in [-0.15, -0.1) is 0 Å². The minimum absolute atomic E-state index is 0.162. The van der Waals surface area contributed by atoms with Crippen molar-refractivity contribution >= 4 is 33.3 Å². The summed E-state index contributed by atoms with van der Waals surface area (Å²) in [6.45, 7) is 7.77. The molecule has 0 atom stereocenters. The summed E-state index contributed by atoms with van der Waals surface area (Å²) in [5.74, 6) is 0.258. The first kappa shape index (κ1) is 22.4. The van der Waals surface area contributed by atoms with Crippen LogP contribution < -0.4 is 10.1 Å². The van der Waals surface area contributed by atoms with E-state index < -0.39 is 14.9 Å². The fourth-order valence-corrected chi connectivity index (χ4v) is 4.09. The maximum Gasteiger partial charge on any atom is 0.270 e. The summed E-state index contributed by atoms with van der Waals surface area (Å²) in [5.41, 5.74) is 4.72. The van der Waals surface area contributed by atoms with Crippen molar-refractivity contribution in [1.82, 2.24) is 0 Å². The van der Waals surface area contributed by atoms with Crippen molar-refractivity contribution in [2.45, 2.75) is 45.4 Å². The molecular formula is C20H26N4O4S. The quantitative estimate of drug-likeness (QED) is 0.343. The van der Waals surface area contributed by atoms with Crippen LogP contribution in [0.15, 0.2) is 46.4 Å². The first-order valence-corrected chi connectivity index (χ1v) is 10.8. The molecule has 2 aromatic carbocycles. The monoisotopic (exact) mass is 418 g/mol. The van der Waals surface area contributed by atoms with Gasteiger partial charge in [0.05, 0.1) is 16.3 Å². The van der Waals surface area contributed by atoms with Crippen LogP contribution >= 0.6 is 0 Å². The molecule has 0 saturated heterocycles. The Balaban J connectivity index is 2.43. The van der Waals surface area contributed by atoms with Crippen molar-refractivity contribution in [2.24, 2.45) is 11.0 Å². The van der Waals surface area contributed by atoms with E-state index in [1.807, 2.05) is 26.8 Å². The molecule has 0 radical (unpaired) electrons. The zero-order chi connectivity index (χ0) is 21.6.